The number of aromatic amines is 1. The van der Waals surface area contributed by atoms with Crippen LogP contribution in [0.2, 0.25) is 0 Å². The topological polar surface area (TPSA) is 93.5 Å². The second-order valence-electron chi connectivity index (χ2n) is 5.98. The number of ether oxygens (including phenoxy) is 2. The second kappa shape index (κ2) is 7.43. The molecule has 0 atom stereocenters. The van der Waals surface area contributed by atoms with E-state index in [1.165, 1.54) is 0 Å². The molecule has 0 aliphatic rings. The van der Waals surface area contributed by atoms with Gasteiger partial charge in [-0.15, -0.1) is 0 Å². The molecule has 28 heavy (non-hydrogen) atoms. The predicted octanol–water partition coefficient (Wildman–Crippen LogP) is 3.65. The van der Waals surface area contributed by atoms with E-state index in [-0.39, 0.29) is 5.97 Å². The highest BCUT2D eigenvalue weighted by molar-refractivity contribution is 5.90. The molecule has 2 N–H and O–H groups in total. The number of benzene rings is 2. The summed E-state index contributed by atoms with van der Waals surface area (Å²) < 4.78 is 12.0. The molecule has 0 amide bonds. The lowest BCUT2D eigenvalue weighted by atomic mass is 10.1. The highest BCUT2D eigenvalue weighted by atomic mass is 16.5. The van der Waals surface area contributed by atoms with Gasteiger partial charge in [-0.3, -0.25) is 5.10 Å². The first-order valence-corrected chi connectivity index (χ1v) is 8.80. The van der Waals surface area contributed by atoms with Crippen LogP contribution in [0.1, 0.15) is 17.3 Å². The van der Waals surface area contributed by atoms with Gasteiger partial charge in [0.2, 0.25) is 0 Å². The van der Waals surface area contributed by atoms with E-state index in [1.807, 2.05) is 36.4 Å². The van der Waals surface area contributed by atoms with Crippen molar-refractivity contribution in [2.75, 3.05) is 19.0 Å². The number of nitrogens with zero attached hydrogens (tertiary/aromatic N) is 3. The molecule has 0 unspecified atom stereocenters. The average Bonchev–Trinajstić information content (AvgIpc) is 3.31. The Labute approximate surface area is 161 Å². The standard InChI is InChI=1S/C20H19N5O3/c1-3-28-19(26)14-4-8-15(9-5-14)23-18-17(24-20-21-12-22-25(18)20)13-6-10-16(27-2)11-7-13/h4-12,23H,3H2,1-2H3,(H,21,22,24). The maximum absolute atomic E-state index is 11.8. The Kier molecular flexibility index (Phi) is 4.67. The largest absolute Gasteiger partial charge is 0.497 e. The minimum Gasteiger partial charge on any atom is -0.497 e. The molecule has 8 heteroatoms. The number of hydrogen-bond acceptors (Lipinski definition) is 6. The van der Waals surface area contributed by atoms with E-state index in [0.717, 1.165) is 28.5 Å². The Morgan fingerprint density at radius 3 is 2.57 bits per heavy atom. The lowest BCUT2D eigenvalue weighted by molar-refractivity contribution is 0.0526. The van der Waals surface area contributed by atoms with Gasteiger partial charge in [0.15, 0.2) is 5.82 Å². The SMILES string of the molecule is CCOC(=O)c1ccc(Nc2c(-c3ccc(OC)cc3)nc3nc[nH]n23)cc1. The Balaban J connectivity index is 1.68. The van der Waals surface area contributed by atoms with Crippen LogP contribution in [0.4, 0.5) is 11.5 Å². The predicted molar refractivity (Wildman–Crippen MR) is 105 cm³/mol. The summed E-state index contributed by atoms with van der Waals surface area (Å²) in [5, 5.41) is 6.40. The molecule has 0 saturated carbocycles. The average molecular weight is 377 g/mol. The molecule has 0 aliphatic carbocycles. The molecule has 0 radical (unpaired) electrons. The maximum Gasteiger partial charge on any atom is 0.338 e. The molecule has 2 heterocycles. The molecule has 4 aromatic rings. The van der Waals surface area contributed by atoms with E-state index in [2.05, 4.69) is 20.4 Å². The molecule has 8 nitrogen and oxygen atoms in total. The van der Waals surface area contributed by atoms with Crippen molar-refractivity contribution < 1.29 is 14.3 Å². The number of aromatic nitrogens is 4. The molecule has 0 aliphatic heterocycles. The van der Waals surface area contributed by atoms with Crippen LogP contribution < -0.4 is 10.1 Å². The van der Waals surface area contributed by atoms with E-state index < -0.39 is 0 Å². The third-order valence-corrected chi connectivity index (χ3v) is 4.25. The van der Waals surface area contributed by atoms with Gasteiger partial charge < -0.3 is 14.8 Å². The fourth-order valence-electron chi connectivity index (χ4n) is 2.87. The fourth-order valence-corrected chi connectivity index (χ4v) is 2.87. The summed E-state index contributed by atoms with van der Waals surface area (Å²) in [6.45, 7) is 2.13. The smallest absolute Gasteiger partial charge is 0.338 e. The summed E-state index contributed by atoms with van der Waals surface area (Å²) in [7, 11) is 1.63. The van der Waals surface area contributed by atoms with Gasteiger partial charge in [0.25, 0.3) is 5.78 Å². The monoisotopic (exact) mass is 377 g/mol. The summed E-state index contributed by atoms with van der Waals surface area (Å²) in [6, 6.07) is 14.7. The molecule has 0 bridgehead atoms. The summed E-state index contributed by atoms with van der Waals surface area (Å²) in [4.78, 5) is 20.7. The van der Waals surface area contributed by atoms with Crippen molar-refractivity contribution in [3.63, 3.8) is 0 Å². The summed E-state index contributed by atoms with van der Waals surface area (Å²) >= 11 is 0. The number of carbonyl (C=O) groups is 1. The van der Waals surface area contributed by atoms with Crippen LogP contribution in [-0.2, 0) is 4.74 Å². The van der Waals surface area contributed by atoms with Gasteiger partial charge in [-0.05, 0) is 55.5 Å². The maximum atomic E-state index is 11.8. The Morgan fingerprint density at radius 1 is 1.14 bits per heavy atom. The van der Waals surface area contributed by atoms with Crippen molar-refractivity contribution in [1.29, 1.82) is 0 Å². The minimum absolute atomic E-state index is 0.340. The van der Waals surface area contributed by atoms with Gasteiger partial charge in [-0.25, -0.2) is 19.3 Å². The number of carbonyl (C=O) groups excluding carboxylic acids is 1. The van der Waals surface area contributed by atoms with E-state index in [0.29, 0.717) is 17.9 Å². The Hall–Kier alpha value is -3.81. The van der Waals surface area contributed by atoms with E-state index >= 15 is 0 Å². The molecule has 2 aromatic heterocycles. The lowest BCUT2D eigenvalue weighted by Crippen LogP contribution is -2.04. The summed E-state index contributed by atoms with van der Waals surface area (Å²) in [6.07, 6.45) is 1.58. The third-order valence-electron chi connectivity index (χ3n) is 4.25. The first-order chi connectivity index (χ1) is 13.7. The molecule has 0 spiro atoms. The molecule has 2 aromatic carbocycles. The van der Waals surface area contributed by atoms with Gasteiger partial charge in [0.05, 0.1) is 19.3 Å². The quantitative estimate of drug-likeness (QED) is 0.498. The zero-order valence-electron chi connectivity index (χ0n) is 15.5. The second-order valence-corrected chi connectivity index (χ2v) is 5.98. The van der Waals surface area contributed by atoms with E-state index in [1.54, 1.807) is 37.0 Å². The van der Waals surface area contributed by atoms with Crippen molar-refractivity contribution in [2.45, 2.75) is 6.92 Å². The van der Waals surface area contributed by atoms with Gasteiger partial charge in [-0.2, -0.15) is 0 Å². The zero-order valence-corrected chi connectivity index (χ0v) is 15.5. The highest BCUT2D eigenvalue weighted by Gasteiger charge is 2.16. The molecular formula is C20H19N5O3. The number of hydrogen-bond donors (Lipinski definition) is 2. The van der Waals surface area contributed by atoms with E-state index in [9.17, 15) is 4.79 Å². The van der Waals surface area contributed by atoms with Crippen LogP contribution in [0.15, 0.2) is 54.9 Å². The van der Waals surface area contributed by atoms with Crippen LogP contribution in [0.3, 0.4) is 0 Å². The van der Waals surface area contributed by atoms with E-state index in [4.69, 9.17) is 9.47 Å². The molecule has 4 rings (SSSR count). The summed E-state index contributed by atoms with van der Waals surface area (Å²) in [5.74, 6) is 1.72. The number of rotatable bonds is 6. The normalized spacial score (nSPS) is 10.8. The fraction of sp³-hybridized carbons (Fsp3) is 0.150. The Morgan fingerprint density at radius 2 is 1.89 bits per heavy atom. The third kappa shape index (κ3) is 3.27. The van der Waals surface area contributed by atoms with Crippen LogP contribution in [0.5, 0.6) is 5.75 Å². The van der Waals surface area contributed by atoms with Gasteiger partial charge in [0, 0.05) is 11.3 Å². The molecular weight excluding hydrogens is 358 g/mol. The first kappa shape index (κ1) is 17.6. The van der Waals surface area contributed by atoms with Crippen LogP contribution in [0, 0.1) is 0 Å². The minimum atomic E-state index is -0.340. The first-order valence-electron chi connectivity index (χ1n) is 8.80. The Bertz CT molecular complexity index is 1100. The van der Waals surface area contributed by atoms with Crippen LogP contribution in [-0.4, -0.2) is 39.3 Å². The van der Waals surface area contributed by atoms with Crippen molar-refractivity contribution in [3.05, 3.63) is 60.4 Å². The lowest BCUT2D eigenvalue weighted by Gasteiger charge is -2.09. The van der Waals surface area contributed by atoms with Crippen molar-refractivity contribution in [1.82, 2.24) is 19.6 Å². The molecule has 0 saturated heterocycles. The number of anilines is 2. The number of fused-ring (bicyclic) bond motifs is 1. The van der Waals surface area contributed by atoms with Gasteiger partial charge in [-0.1, -0.05) is 0 Å². The van der Waals surface area contributed by atoms with Crippen molar-refractivity contribution in [3.8, 4) is 17.0 Å². The molecule has 142 valence electrons. The zero-order chi connectivity index (χ0) is 19.5. The van der Waals surface area contributed by atoms with Crippen LogP contribution >= 0.6 is 0 Å². The van der Waals surface area contributed by atoms with Gasteiger partial charge >= 0.3 is 5.97 Å². The number of methoxy groups -OCH3 is 1. The summed E-state index contributed by atoms with van der Waals surface area (Å²) in [5.41, 5.74) is 2.98. The number of nitrogens with one attached hydrogen (secondary N) is 2. The van der Waals surface area contributed by atoms with Crippen molar-refractivity contribution >= 4 is 23.3 Å². The van der Waals surface area contributed by atoms with Crippen LogP contribution in [0.25, 0.3) is 17.0 Å². The highest BCUT2D eigenvalue weighted by Crippen LogP contribution is 2.31. The van der Waals surface area contributed by atoms with Gasteiger partial charge in [0.1, 0.15) is 17.8 Å². The number of esters is 1. The number of H-pyrrole nitrogens is 1. The molecule has 0 fully saturated rings. The van der Waals surface area contributed by atoms with Crippen molar-refractivity contribution in [2.24, 2.45) is 0 Å². The number of imidazole rings is 1.